The van der Waals surface area contributed by atoms with Crippen LogP contribution in [0.1, 0.15) is 23.7 Å². The summed E-state index contributed by atoms with van der Waals surface area (Å²) in [5.74, 6) is -1.23. The molecule has 0 unspecified atom stereocenters. The Morgan fingerprint density at radius 1 is 1.14 bits per heavy atom. The highest BCUT2D eigenvalue weighted by Crippen LogP contribution is 2.30. The number of nitrogens with zero attached hydrogens (tertiary/aromatic N) is 2. The predicted molar refractivity (Wildman–Crippen MR) is 106 cm³/mol. The molecule has 3 aromatic rings. The zero-order valence-corrected chi connectivity index (χ0v) is 16.3. The van der Waals surface area contributed by atoms with E-state index in [9.17, 15) is 14.0 Å². The number of hydrogen-bond acceptors (Lipinski definition) is 5. The van der Waals surface area contributed by atoms with E-state index in [4.69, 9.17) is 4.74 Å². The molecule has 0 fully saturated rings. The van der Waals surface area contributed by atoms with Gasteiger partial charge in [-0.3, -0.25) is 14.5 Å². The van der Waals surface area contributed by atoms with Crippen molar-refractivity contribution in [3.63, 3.8) is 0 Å². The maximum Gasteiger partial charge on any atom is 0.310 e. The third-order valence-electron chi connectivity index (χ3n) is 4.12. The number of para-hydroxylation sites is 1. The summed E-state index contributed by atoms with van der Waals surface area (Å²) in [6.45, 7) is 3.27. The first kappa shape index (κ1) is 19.7. The molecule has 0 aliphatic carbocycles. The molecule has 0 saturated carbocycles. The van der Waals surface area contributed by atoms with Crippen LogP contribution in [0.2, 0.25) is 0 Å². The molecule has 1 heterocycles. The van der Waals surface area contributed by atoms with E-state index in [-0.39, 0.29) is 30.6 Å². The third-order valence-corrected chi connectivity index (χ3v) is 4.99. The lowest BCUT2D eigenvalue weighted by Gasteiger charge is -2.18. The molecule has 7 heteroatoms. The summed E-state index contributed by atoms with van der Waals surface area (Å²) < 4.78 is 19.4. The van der Waals surface area contributed by atoms with Crippen molar-refractivity contribution >= 4 is 34.0 Å². The number of aromatic nitrogens is 1. The summed E-state index contributed by atoms with van der Waals surface area (Å²) >= 11 is 1.18. The number of thiazole rings is 1. The molecule has 0 atom stereocenters. The van der Waals surface area contributed by atoms with Gasteiger partial charge in [0.15, 0.2) is 5.13 Å². The fourth-order valence-electron chi connectivity index (χ4n) is 2.68. The van der Waals surface area contributed by atoms with E-state index in [2.05, 4.69) is 4.98 Å². The average molecular weight is 398 g/mol. The third kappa shape index (κ3) is 4.61. The van der Waals surface area contributed by atoms with Crippen LogP contribution in [0.5, 0.6) is 0 Å². The lowest BCUT2D eigenvalue weighted by molar-refractivity contribution is -0.144. The van der Waals surface area contributed by atoms with Crippen LogP contribution in [0.3, 0.4) is 0 Å². The average Bonchev–Trinajstić information content (AvgIpc) is 3.12. The van der Waals surface area contributed by atoms with Crippen molar-refractivity contribution in [3.8, 4) is 0 Å². The summed E-state index contributed by atoms with van der Waals surface area (Å²) in [4.78, 5) is 29.7. The normalized spacial score (nSPS) is 10.5. The predicted octanol–water partition coefficient (Wildman–Crippen LogP) is 4.56. The van der Waals surface area contributed by atoms with Gasteiger partial charge in [0.25, 0.3) is 0 Å². The minimum atomic E-state index is -0.515. The van der Waals surface area contributed by atoms with E-state index < -0.39 is 5.82 Å². The maximum atomic E-state index is 14.1. The van der Waals surface area contributed by atoms with Gasteiger partial charge in [-0.05, 0) is 30.2 Å². The molecule has 28 heavy (non-hydrogen) atoms. The van der Waals surface area contributed by atoms with Crippen LogP contribution < -0.4 is 4.90 Å². The molecule has 3 rings (SSSR count). The van der Waals surface area contributed by atoms with Gasteiger partial charge < -0.3 is 4.74 Å². The second-order valence-electron chi connectivity index (χ2n) is 6.19. The number of rotatable bonds is 6. The number of anilines is 2. The molecule has 2 aromatic carbocycles. The minimum Gasteiger partial charge on any atom is -0.459 e. The van der Waals surface area contributed by atoms with Crippen molar-refractivity contribution in [1.29, 1.82) is 0 Å². The SMILES string of the molecule is CC(=O)N(c1nc(COC(=O)Cc2ccccc2C)cs1)c1ccccc1F. The van der Waals surface area contributed by atoms with Crippen LogP contribution in [0.4, 0.5) is 15.2 Å². The number of carbonyl (C=O) groups is 2. The van der Waals surface area contributed by atoms with Crippen molar-refractivity contribution in [1.82, 2.24) is 4.98 Å². The second-order valence-corrected chi connectivity index (χ2v) is 7.03. The van der Waals surface area contributed by atoms with Crippen LogP contribution in [-0.2, 0) is 27.4 Å². The minimum absolute atomic E-state index is 0.00969. The number of halogens is 1. The highest BCUT2D eigenvalue weighted by Gasteiger charge is 2.21. The Labute approximate surface area is 166 Å². The zero-order valence-electron chi connectivity index (χ0n) is 15.5. The van der Waals surface area contributed by atoms with E-state index in [0.717, 1.165) is 11.1 Å². The van der Waals surface area contributed by atoms with Crippen LogP contribution in [0.15, 0.2) is 53.9 Å². The molecule has 5 nitrogen and oxygen atoms in total. The maximum absolute atomic E-state index is 14.1. The quantitative estimate of drug-likeness (QED) is 0.571. The topological polar surface area (TPSA) is 59.5 Å². The molecule has 0 N–H and O–H groups in total. The van der Waals surface area contributed by atoms with E-state index >= 15 is 0 Å². The van der Waals surface area contributed by atoms with Gasteiger partial charge in [0.05, 0.1) is 17.8 Å². The molecule has 1 aromatic heterocycles. The Bertz CT molecular complexity index is 1000. The molecular formula is C21H19FN2O3S. The number of carbonyl (C=O) groups excluding carboxylic acids is 2. The molecular weight excluding hydrogens is 379 g/mol. The fourth-order valence-corrected chi connectivity index (χ4v) is 3.54. The van der Waals surface area contributed by atoms with E-state index in [1.54, 1.807) is 17.5 Å². The first-order valence-corrected chi connectivity index (χ1v) is 9.53. The fraction of sp³-hybridized carbons (Fsp3) is 0.190. The van der Waals surface area contributed by atoms with E-state index in [0.29, 0.717) is 10.8 Å². The summed E-state index contributed by atoms with van der Waals surface area (Å²) in [6, 6.07) is 13.6. The summed E-state index contributed by atoms with van der Waals surface area (Å²) in [6.07, 6.45) is 0.179. The molecule has 1 amide bonds. The van der Waals surface area contributed by atoms with Crippen molar-refractivity contribution in [2.24, 2.45) is 0 Å². The molecule has 0 radical (unpaired) electrons. The van der Waals surface area contributed by atoms with Crippen molar-refractivity contribution in [2.75, 3.05) is 4.90 Å². The highest BCUT2D eigenvalue weighted by molar-refractivity contribution is 7.14. The van der Waals surface area contributed by atoms with Crippen LogP contribution >= 0.6 is 11.3 Å². The lowest BCUT2D eigenvalue weighted by Crippen LogP contribution is -2.23. The Morgan fingerprint density at radius 3 is 2.57 bits per heavy atom. The smallest absolute Gasteiger partial charge is 0.310 e. The zero-order chi connectivity index (χ0) is 20.1. The Kier molecular flexibility index (Phi) is 6.16. The van der Waals surface area contributed by atoms with E-state index in [1.807, 2.05) is 31.2 Å². The van der Waals surface area contributed by atoms with Gasteiger partial charge in [-0.1, -0.05) is 36.4 Å². The number of aryl methyl sites for hydroxylation is 1. The van der Waals surface area contributed by atoms with Gasteiger partial charge in [-0.2, -0.15) is 0 Å². The Hall–Kier alpha value is -3.06. The molecule has 0 saturated heterocycles. The second kappa shape index (κ2) is 8.75. The number of esters is 1. The van der Waals surface area contributed by atoms with Crippen molar-refractivity contribution < 1.29 is 18.7 Å². The standard InChI is InChI=1S/C21H19FN2O3S/c1-14-7-3-4-8-16(14)11-20(26)27-12-17-13-28-21(23-17)24(15(2)25)19-10-6-5-9-18(19)22/h3-10,13H,11-12H2,1-2H3. The van der Waals surface area contributed by atoms with Crippen molar-refractivity contribution in [3.05, 3.63) is 76.5 Å². The van der Waals surface area contributed by atoms with Crippen LogP contribution in [0.25, 0.3) is 0 Å². The van der Waals surface area contributed by atoms with Crippen LogP contribution in [-0.4, -0.2) is 16.9 Å². The first-order chi connectivity index (χ1) is 13.5. The summed E-state index contributed by atoms with van der Waals surface area (Å²) in [5, 5.41) is 2.01. The van der Waals surface area contributed by atoms with E-state index in [1.165, 1.54) is 35.3 Å². The monoisotopic (exact) mass is 398 g/mol. The number of benzene rings is 2. The van der Waals surface area contributed by atoms with Gasteiger partial charge in [0.1, 0.15) is 12.4 Å². The molecule has 0 spiro atoms. The molecule has 0 aliphatic heterocycles. The molecule has 0 bridgehead atoms. The summed E-state index contributed by atoms with van der Waals surface area (Å²) in [7, 11) is 0. The highest BCUT2D eigenvalue weighted by atomic mass is 32.1. The largest absolute Gasteiger partial charge is 0.459 e. The summed E-state index contributed by atoms with van der Waals surface area (Å²) in [5.41, 5.74) is 2.57. The Morgan fingerprint density at radius 2 is 1.86 bits per heavy atom. The van der Waals surface area contributed by atoms with Gasteiger partial charge >= 0.3 is 5.97 Å². The Balaban J connectivity index is 1.68. The number of amides is 1. The van der Waals surface area contributed by atoms with Gasteiger partial charge in [-0.25, -0.2) is 9.37 Å². The van der Waals surface area contributed by atoms with Gasteiger partial charge in [-0.15, -0.1) is 11.3 Å². The number of ether oxygens (including phenoxy) is 1. The number of hydrogen-bond donors (Lipinski definition) is 0. The van der Waals surface area contributed by atoms with Gasteiger partial charge in [0, 0.05) is 12.3 Å². The van der Waals surface area contributed by atoms with Crippen molar-refractivity contribution in [2.45, 2.75) is 26.9 Å². The molecule has 0 aliphatic rings. The lowest BCUT2D eigenvalue weighted by atomic mass is 10.1. The first-order valence-electron chi connectivity index (χ1n) is 8.65. The van der Waals surface area contributed by atoms with Gasteiger partial charge in [0.2, 0.25) is 5.91 Å². The molecule has 144 valence electrons. The van der Waals surface area contributed by atoms with Crippen LogP contribution in [0, 0.1) is 12.7 Å².